The second kappa shape index (κ2) is 20.6. The number of aromatic nitrogens is 2. The van der Waals surface area contributed by atoms with Crippen molar-refractivity contribution in [2.75, 3.05) is 9.80 Å². The number of hydrogen-bond acceptors (Lipinski definition) is 2. The normalized spacial score (nSPS) is 13.6. The Bertz CT molecular complexity index is 4970. The lowest BCUT2D eigenvalue weighted by Crippen LogP contribution is -2.61. The van der Waals surface area contributed by atoms with Crippen molar-refractivity contribution in [2.24, 2.45) is 0 Å². The van der Waals surface area contributed by atoms with E-state index >= 15 is 0 Å². The molecular weight excluding hydrogens is 1100 g/mol. The zero-order chi connectivity index (χ0) is 63.4. The summed E-state index contributed by atoms with van der Waals surface area (Å²) in [6, 6.07) is 88.9. The van der Waals surface area contributed by atoms with E-state index in [-0.39, 0.29) is 33.8 Å². The first-order chi connectivity index (χ1) is 43.3. The molecule has 2 aliphatic heterocycles. The Morgan fingerprint density at radius 3 is 0.956 bits per heavy atom. The summed E-state index contributed by atoms with van der Waals surface area (Å²) in [5.74, 6) is 0. The summed E-state index contributed by atoms with van der Waals surface area (Å²) in [6.45, 7) is 34.9. The molecule has 0 bridgehead atoms. The van der Waals surface area contributed by atoms with Crippen LogP contribution in [0.3, 0.4) is 0 Å². The summed E-state index contributed by atoms with van der Waals surface area (Å²) >= 11 is 0. The number of hydrogen-bond donors (Lipinski definition) is 0. The van der Waals surface area contributed by atoms with Crippen molar-refractivity contribution in [3.8, 4) is 33.6 Å². The van der Waals surface area contributed by atoms with Gasteiger partial charge in [-0.05, 0) is 185 Å². The zero-order valence-electron chi connectivity index (χ0n) is 55.8. The Hall–Kier alpha value is -9.32. The van der Waals surface area contributed by atoms with E-state index in [1.807, 2.05) is 0 Å². The number of fused-ring (bicyclic) bond motifs is 10. The molecule has 2 aromatic heterocycles. The highest BCUT2D eigenvalue weighted by Crippen LogP contribution is 2.49. The van der Waals surface area contributed by atoms with Crippen LogP contribution in [0.5, 0.6) is 0 Å². The molecular formula is C86H83BN4. The third kappa shape index (κ3) is 9.72. The molecule has 0 radical (unpaired) electrons. The van der Waals surface area contributed by atoms with E-state index in [9.17, 15) is 0 Å². The van der Waals surface area contributed by atoms with E-state index in [2.05, 4.69) is 353 Å². The smallest absolute Gasteiger partial charge is 0.252 e. The molecule has 5 heteroatoms. The lowest BCUT2D eigenvalue weighted by Gasteiger charge is -2.45. The SMILES string of the molecule is CC(C)(C)c1cc2c3c(c1)N(c1ccc(-c4ccccc4)cc1)c1cc(-n4c5cc(C(C)(C)C)ccc5c5ccc(C(C)(C)C)cc54)ccc1B3c1ccc(-n3c4ccc(C(C)(C)C)cc4c4ccc(C(C)(C)C)cc43)cc1N2c1ccc(-c2ccccc2)cc1. The van der Waals surface area contributed by atoms with Crippen LogP contribution in [-0.4, -0.2) is 15.8 Å². The van der Waals surface area contributed by atoms with Crippen LogP contribution in [-0.2, 0) is 27.1 Å². The van der Waals surface area contributed by atoms with Crippen molar-refractivity contribution in [3.63, 3.8) is 0 Å². The second-order valence-corrected chi connectivity index (χ2v) is 31.2. The molecule has 0 unspecified atom stereocenters. The van der Waals surface area contributed by atoms with Gasteiger partial charge in [0, 0.05) is 67.0 Å². The first-order valence-electron chi connectivity index (χ1n) is 32.8. The average molecular weight is 1180 g/mol. The molecule has 0 aliphatic carbocycles. The summed E-state index contributed by atoms with van der Waals surface area (Å²) in [7, 11) is 0. The molecule has 0 saturated heterocycles. The summed E-state index contributed by atoms with van der Waals surface area (Å²) in [4.78, 5) is 5.22. The number of rotatable bonds is 6. The first kappa shape index (κ1) is 58.1. The van der Waals surface area contributed by atoms with Crippen LogP contribution in [0.2, 0.25) is 0 Å². The van der Waals surface area contributed by atoms with Gasteiger partial charge in [-0.25, -0.2) is 0 Å². The minimum atomic E-state index is -0.213. The van der Waals surface area contributed by atoms with Gasteiger partial charge in [-0.3, -0.25) is 0 Å². The van der Waals surface area contributed by atoms with E-state index < -0.39 is 0 Å². The van der Waals surface area contributed by atoms with Crippen molar-refractivity contribution in [1.82, 2.24) is 9.13 Å². The van der Waals surface area contributed by atoms with Crippen LogP contribution in [0, 0.1) is 0 Å². The summed E-state index contributed by atoms with van der Waals surface area (Å²) in [5.41, 5.74) is 29.0. The number of nitrogens with zero attached hydrogens (tertiary/aromatic N) is 4. The van der Waals surface area contributed by atoms with E-state index in [4.69, 9.17) is 0 Å². The van der Waals surface area contributed by atoms with Gasteiger partial charge in [0.1, 0.15) is 0 Å². The maximum Gasteiger partial charge on any atom is 0.252 e. The zero-order valence-corrected chi connectivity index (χ0v) is 55.8. The molecule has 450 valence electrons. The molecule has 11 aromatic carbocycles. The Morgan fingerprint density at radius 1 is 0.242 bits per heavy atom. The predicted molar refractivity (Wildman–Crippen MR) is 394 cm³/mol. The summed E-state index contributed by atoms with van der Waals surface area (Å²) < 4.78 is 5.13. The largest absolute Gasteiger partial charge is 0.311 e. The highest BCUT2D eigenvalue weighted by atomic mass is 15.2. The van der Waals surface area contributed by atoms with Crippen LogP contribution < -0.4 is 26.2 Å². The molecule has 0 fully saturated rings. The van der Waals surface area contributed by atoms with Crippen LogP contribution in [0.25, 0.3) is 77.2 Å². The maximum absolute atomic E-state index is 2.61. The minimum absolute atomic E-state index is 0.0121. The van der Waals surface area contributed by atoms with Crippen LogP contribution in [0.4, 0.5) is 34.1 Å². The van der Waals surface area contributed by atoms with E-state index in [0.717, 1.165) is 22.7 Å². The van der Waals surface area contributed by atoms with Crippen molar-refractivity contribution < 1.29 is 0 Å². The van der Waals surface area contributed by atoms with Crippen molar-refractivity contribution in [3.05, 3.63) is 258 Å². The Morgan fingerprint density at radius 2 is 0.571 bits per heavy atom. The third-order valence-electron chi connectivity index (χ3n) is 19.9. The molecule has 0 spiro atoms. The fourth-order valence-corrected chi connectivity index (χ4v) is 14.6. The molecule has 0 atom stereocenters. The summed E-state index contributed by atoms with van der Waals surface area (Å²) in [6.07, 6.45) is 0. The lowest BCUT2D eigenvalue weighted by molar-refractivity contribution is 0.590. The van der Waals surface area contributed by atoms with E-state index in [1.165, 1.54) is 133 Å². The fraction of sp³-hybridized carbons (Fsp3) is 0.233. The molecule has 91 heavy (non-hydrogen) atoms. The van der Waals surface area contributed by atoms with Crippen LogP contribution in [0.15, 0.2) is 231 Å². The monoisotopic (exact) mass is 1180 g/mol. The topological polar surface area (TPSA) is 16.3 Å². The third-order valence-corrected chi connectivity index (χ3v) is 19.9. The molecule has 4 nitrogen and oxygen atoms in total. The Labute approximate surface area is 539 Å². The van der Waals surface area contributed by atoms with Gasteiger partial charge >= 0.3 is 0 Å². The Kier molecular flexibility index (Phi) is 13.2. The number of benzene rings is 11. The van der Waals surface area contributed by atoms with E-state index in [0.29, 0.717) is 0 Å². The second-order valence-electron chi connectivity index (χ2n) is 31.2. The summed E-state index contributed by atoms with van der Waals surface area (Å²) in [5, 5.41) is 5.08. The maximum atomic E-state index is 2.61. The predicted octanol–water partition coefficient (Wildman–Crippen LogP) is 21.8. The van der Waals surface area contributed by atoms with Crippen molar-refractivity contribution in [1.29, 1.82) is 0 Å². The molecule has 0 saturated carbocycles. The van der Waals surface area contributed by atoms with Gasteiger partial charge in [-0.15, -0.1) is 0 Å². The highest BCUT2D eigenvalue weighted by molar-refractivity contribution is 7.00. The molecule has 4 heterocycles. The van der Waals surface area contributed by atoms with Gasteiger partial charge in [0.05, 0.1) is 22.1 Å². The number of anilines is 6. The molecule has 13 aromatic rings. The lowest BCUT2D eigenvalue weighted by atomic mass is 9.33. The first-order valence-corrected chi connectivity index (χ1v) is 32.8. The molecule has 0 N–H and O–H groups in total. The van der Waals surface area contributed by atoms with Crippen molar-refractivity contribution in [2.45, 2.75) is 131 Å². The van der Waals surface area contributed by atoms with Gasteiger partial charge in [-0.2, -0.15) is 0 Å². The molecule has 2 aliphatic rings. The van der Waals surface area contributed by atoms with Gasteiger partial charge in [0.2, 0.25) is 0 Å². The van der Waals surface area contributed by atoms with Crippen molar-refractivity contribution >= 4 is 101 Å². The Balaban J connectivity index is 1.04. The fourth-order valence-electron chi connectivity index (χ4n) is 14.6. The quantitative estimate of drug-likeness (QED) is 0.154. The van der Waals surface area contributed by atoms with Crippen LogP contribution in [0.1, 0.15) is 132 Å². The van der Waals surface area contributed by atoms with Gasteiger partial charge < -0.3 is 18.9 Å². The van der Waals surface area contributed by atoms with Gasteiger partial charge in [0.25, 0.3) is 6.71 Å². The molecule has 0 amide bonds. The standard InChI is InChI=1S/C86H83BN4/c1-82(2,3)58-33-45-73-70(46-58)69-42-32-61(85(10,11)12)49-76(69)90(73)65-38-43-71-77(52-65)88(63-34-26-56(27-35-63)54-22-18-16-19-23-54)79-50-62(86(13,14)15)51-80-81(79)87(71)72-44-39-66(53-78(72)89(80)64-36-28-57(29-37-64)55-24-20-17-21-25-55)91-74-47-59(83(4,5)6)30-40-67(74)68-41-31-60(48-75(68)91)84(7,8)9/h16-53H,1-15H3. The average Bonchev–Trinajstić information content (AvgIpc) is 0.722. The minimum Gasteiger partial charge on any atom is -0.311 e. The molecule has 15 rings (SSSR count). The van der Waals surface area contributed by atoms with Gasteiger partial charge in [0.15, 0.2) is 0 Å². The highest BCUT2D eigenvalue weighted by Gasteiger charge is 2.45. The van der Waals surface area contributed by atoms with Crippen LogP contribution >= 0.6 is 0 Å². The van der Waals surface area contributed by atoms with E-state index in [1.54, 1.807) is 0 Å². The van der Waals surface area contributed by atoms with Gasteiger partial charge in [-0.1, -0.05) is 243 Å².